The molecule has 6 nitrogen and oxygen atoms in total. The molecule has 0 unspecified atom stereocenters. The van der Waals surface area contributed by atoms with Crippen LogP contribution in [-0.2, 0) is 4.74 Å². The van der Waals surface area contributed by atoms with Gasteiger partial charge in [-0.15, -0.1) is 0 Å². The fourth-order valence-electron chi connectivity index (χ4n) is 3.29. The summed E-state index contributed by atoms with van der Waals surface area (Å²) in [4.78, 5) is 15.6. The zero-order valence-electron chi connectivity index (χ0n) is 14.0. The van der Waals surface area contributed by atoms with Gasteiger partial charge in [-0.05, 0) is 30.4 Å². The molecule has 1 aromatic carbocycles. The predicted octanol–water partition coefficient (Wildman–Crippen LogP) is 3.06. The Balaban J connectivity index is 1.88. The Kier molecular flexibility index (Phi) is 4.43. The minimum absolute atomic E-state index is 0.210. The largest absolute Gasteiger partial charge is 0.378 e. The van der Waals surface area contributed by atoms with Crippen molar-refractivity contribution in [1.29, 1.82) is 0 Å². The highest BCUT2D eigenvalue weighted by molar-refractivity contribution is 5.70. The van der Waals surface area contributed by atoms with Crippen molar-refractivity contribution in [3.05, 3.63) is 28.3 Å². The topological polar surface area (TPSA) is 58.8 Å². The molecular formula is C17H25N3O3. The number of benzene rings is 1. The molecule has 23 heavy (non-hydrogen) atoms. The molecule has 0 spiro atoms. The highest BCUT2D eigenvalue weighted by atomic mass is 16.6. The van der Waals surface area contributed by atoms with Crippen molar-refractivity contribution in [2.24, 2.45) is 5.41 Å². The normalized spacial score (nSPS) is 21.3. The smallest absolute Gasteiger partial charge is 0.292 e. The molecule has 0 N–H and O–H groups in total. The van der Waals surface area contributed by atoms with Gasteiger partial charge in [0, 0.05) is 37.9 Å². The number of morpholine rings is 1. The van der Waals surface area contributed by atoms with E-state index in [0.717, 1.165) is 50.4 Å². The van der Waals surface area contributed by atoms with Crippen LogP contribution < -0.4 is 9.80 Å². The summed E-state index contributed by atoms with van der Waals surface area (Å²) in [5, 5.41) is 11.4. The van der Waals surface area contributed by atoms with E-state index >= 15 is 0 Å². The Labute approximate surface area is 137 Å². The molecule has 2 fully saturated rings. The molecule has 0 aromatic heterocycles. The van der Waals surface area contributed by atoms with E-state index in [1.165, 1.54) is 0 Å². The summed E-state index contributed by atoms with van der Waals surface area (Å²) in [6.07, 6.45) is 2.12. The van der Waals surface area contributed by atoms with E-state index in [2.05, 4.69) is 23.6 Å². The molecule has 2 aliphatic heterocycles. The van der Waals surface area contributed by atoms with Crippen LogP contribution in [0.5, 0.6) is 0 Å². The molecule has 1 aromatic rings. The summed E-state index contributed by atoms with van der Waals surface area (Å²) in [5.41, 5.74) is 2.35. The van der Waals surface area contributed by atoms with Crippen LogP contribution in [0.25, 0.3) is 0 Å². The standard InChI is InChI=1S/C17H25N3O3/c1-17(2)5-7-19(8-6-17)16-13-14(3-4-15(16)20(21)22)18-9-11-23-12-10-18/h3-4,13H,5-12H2,1-2H3. The van der Waals surface area contributed by atoms with Crippen LogP contribution in [0.15, 0.2) is 18.2 Å². The second kappa shape index (κ2) is 6.35. The fourth-order valence-corrected chi connectivity index (χ4v) is 3.29. The summed E-state index contributed by atoms with van der Waals surface area (Å²) in [6, 6.07) is 5.50. The zero-order valence-corrected chi connectivity index (χ0v) is 14.0. The van der Waals surface area contributed by atoms with Crippen LogP contribution >= 0.6 is 0 Å². The molecule has 0 saturated carbocycles. The summed E-state index contributed by atoms with van der Waals surface area (Å²) in [6.45, 7) is 9.38. The second-order valence-electron chi connectivity index (χ2n) is 7.18. The predicted molar refractivity (Wildman–Crippen MR) is 91.4 cm³/mol. The van der Waals surface area contributed by atoms with E-state index in [4.69, 9.17) is 4.74 Å². The van der Waals surface area contributed by atoms with Crippen LogP contribution in [0, 0.1) is 15.5 Å². The molecule has 126 valence electrons. The Bertz CT molecular complexity index is 572. The highest BCUT2D eigenvalue weighted by Gasteiger charge is 2.29. The van der Waals surface area contributed by atoms with Crippen molar-refractivity contribution >= 4 is 17.1 Å². The Hall–Kier alpha value is -1.82. The highest BCUT2D eigenvalue weighted by Crippen LogP contribution is 2.38. The molecule has 2 aliphatic rings. The van der Waals surface area contributed by atoms with Gasteiger partial charge in [0.25, 0.3) is 5.69 Å². The Morgan fingerprint density at radius 3 is 2.35 bits per heavy atom. The molecular weight excluding hydrogens is 294 g/mol. The van der Waals surface area contributed by atoms with Gasteiger partial charge in [0.1, 0.15) is 5.69 Å². The molecule has 2 saturated heterocycles. The van der Waals surface area contributed by atoms with Gasteiger partial charge < -0.3 is 14.5 Å². The summed E-state index contributed by atoms with van der Waals surface area (Å²) < 4.78 is 5.39. The van der Waals surface area contributed by atoms with Gasteiger partial charge in [-0.2, -0.15) is 0 Å². The average molecular weight is 319 g/mol. The first kappa shape index (κ1) is 16.1. The number of ether oxygens (including phenoxy) is 1. The molecule has 0 bridgehead atoms. The Morgan fingerprint density at radius 1 is 1.09 bits per heavy atom. The van der Waals surface area contributed by atoms with Crippen molar-refractivity contribution in [2.75, 3.05) is 49.2 Å². The number of piperidine rings is 1. The van der Waals surface area contributed by atoms with Crippen molar-refractivity contribution in [3.63, 3.8) is 0 Å². The SMILES string of the molecule is CC1(C)CCN(c2cc(N3CCOCC3)ccc2[N+](=O)[O-])CC1. The van der Waals surface area contributed by atoms with E-state index in [1.807, 2.05) is 12.1 Å². The first-order valence-electron chi connectivity index (χ1n) is 8.32. The summed E-state index contributed by atoms with van der Waals surface area (Å²) in [7, 11) is 0. The Morgan fingerprint density at radius 2 is 1.74 bits per heavy atom. The van der Waals surface area contributed by atoms with E-state index in [9.17, 15) is 10.1 Å². The van der Waals surface area contributed by atoms with Gasteiger partial charge in [-0.1, -0.05) is 13.8 Å². The number of hydrogen-bond acceptors (Lipinski definition) is 5. The molecule has 0 amide bonds. The van der Waals surface area contributed by atoms with E-state index in [0.29, 0.717) is 18.6 Å². The maximum atomic E-state index is 11.4. The van der Waals surface area contributed by atoms with Gasteiger partial charge in [-0.3, -0.25) is 10.1 Å². The zero-order chi connectivity index (χ0) is 16.4. The van der Waals surface area contributed by atoms with Gasteiger partial charge in [0.05, 0.1) is 18.1 Å². The minimum Gasteiger partial charge on any atom is -0.378 e. The van der Waals surface area contributed by atoms with E-state index in [-0.39, 0.29) is 10.6 Å². The van der Waals surface area contributed by atoms with Gasteiger partial charge in [0.15, 0.2) is 0 Å². The maximum Gasteiger partial charge on any atom is 0.292 e. The molecule has 3 rings (SSSR count). The number of nitro benzene ring substituents is 1. The lowest BCUT2D eigenvalue weighted by atomic mass is 9.82. The van der Waals surface area contributed by atoms with Crippen LogP contribution in [0.3, 0.4) is 0 Å². The van der Waals surface area contributed by atoms with Crippen molar-refractivity contribution in [1.82, 2.24) is 0 Å². The first-order valence-corrected chi connectivity index (χ1v) is 8.32. The van der Waals surface area contributed by atoms with Gasteiger partial charge in [0.2, 0.25) is 0 Å². The number of anilines is 2. The molecule has 0 radical (unpaired) electrons. The number of nitrogens with zero attached hydrogens (tertiary/aromatic N) is 3. The monoisotopic (exact) mass is 319 g/mol. The molecule has 0 atom stereocenters. The fraction of sp³-hybridized carbons (Fsp3) is 0.647. The molecule has 6 heteroatoms. The maximum absolute atomic E-state index is 11.4. The molecule has 2 heterocycles. The quantitative estimate of drug-likeness (QED) is 0.633. The first-order chi connectivity index (χ1) is 11.0. The van der Waals surface area contributed by atoms with Crippen molar-refractivity contribution < 1.29 is 9.66 Å². The molecule has 0 aliphatic carbocycles. The lowest BCUT2D eigenvalue weighted by Crippen LogP contribution is -2.38. The third kappa shape index (κ3) is 3.58. The van der Waals surface area contributed by atoms with Gasteiger partial charge >= 0.3 is 0 Å². The lowest BCUT2D eigenvalue weighted by molar-refractivity contribution is -0.384. The van der Waals surface area contributed by atoms with Crippen molar-refractivity contribution in [3.8, 4) is 0 Å². The van der Waals surface area contributed by atoms with Crippen LogP contribution in [0.1, 0.15) is 26.7 Å². The van der Waals surface area contributed by atoms with Crippen molar-refractivity contribution in [2.45, 2.75) is 26.7 Å². The average Bonchev–Trinajstić information content (AvgIpc) is 2.55. The van der Waals surface area contributed by atoms with Gasteiger partial charge in [-0.25, -0.2) is 0 Å². The number of rotatable bonds is 3. The van der Waals surface area contributed by atoms with Crippen LogP contribution in [0.2, 0.25) is 0 Å². The summed E-state index contributed by atoms with van der Waals surface area (Å²) >= 11 is 0. The van der Waals surface area contributed by atoms with E-state index < -0.39 is 0 Å². The summed E-state index contributed by atoms with van der Waals surface area (Å²) in [5.74, 6) is 0. The lowest BCUT2D eigenvalue weighted by Gasteiger charge is -2.38. The third-order valence-electron chi connectivity index (χ3n) is 4.99. The van der Waals surface area contributed by atoms with Crippen LogP contribution in [-0.4, -0.2) is 44.3 Å². The number of nitro groups is 1. The second-order valence-corrected chi connectivity index (χ2v) is 7.18. The number of hydrogen-bond donors (Lipinski definition) is 0. The minimum atomic E-state index is -0.266. The third-order valence-corrected chi connectivity index (χ3v) is 4.99. The van der Waals surface area contributed by atoms with E-state index in [1.54, 1.807) is 6.07 Å². The van der Waals surface area contributed by atoms with Crippen LogP contribution in [0.4, 0.5) is 17.1 Å².